The van der Waals surface area contributed by atoms with Gasteiger partial charge in [0.1, 0.15) is 5.69 Å². The fourth-order valence-electron chi connectivity index (χ4n) is 2.13. The normalized spacial score (nSPS) is 15.2. The highest BCUT2D eigenvalue weighted by atomic mass is 16.3. The Labute approximate surface area is 106 Å². The Balaban J connectivity index is 1.87. The lowest BCUT2D eigenvalue weighted by molar-refractivity contribution is 0.568. The average molecular weight is 246 g/mol. The van der Waals surface area contributed by atoms with Crippen LogP contribution in [0.1, 0.15) is 31.2 Å². The van der Waals surface area contributed by atoms with E-state index in [1.807, 2.05) is 17.9 Å². The highest BCUT2D eigenvalue weighted by Gasteiger charge is 2.22. The van der Waals surface area contributed by atoms with Crippen molar-refractivity contribution in [2.75, 3.05) is 0 Å². The zero-order chi connectivity index (χ0) is 12.5. The highest BCUT2D eigenvalue weighted by Crippen LogP contribution is 2.27. The average Bonchev–Trinajstić information content (AvgIpc) is 2.95. The molecule has 1 aliphatic rings. The summed E-state index contributed by atoms with van der Waals surface area (Å²) in [7, 11) is 1.93. The van der Waals surface area contributed by atoms with Crippen molar-refractivity contribution < 1.29 is 4.42 Å². The van der Waals surface area contributed by atoms with E-state index in [-0.39, 0.29) is 0 Å². The molecule has 96 valence electrons. The first kappa shape index (κ1) is 11.5. The maximum Gasteiger partial charge on any atom is 0.181 e. The van der Waals surface area contributed by atoms with Crippen LogP contribution < -0.4 is 5.32 Å². The third-order valence-electron chi connectivity index (χ3n) is 3.26. The summed E-state index contributed by atoms with van der Waals surface area (Å²) < 4.78 is 7.38. The SMILES string of the molecule is CCc1nn(C)cc1-c1ocnc1CNC1CC1. The van der Waals surface area contributed by atoms with Gasteiger partial charge in [0, 0.05) is 25.8 Å². The van der Waals surface area contributed by atoms with Crippen molar-refractivity contribution >= 4 is 0 Å². The molecular formula is C13H18N4O. The quantitative estimate of drug-likeness (QED) is 0.875. The van der Waals surface area contributed by atoms with Gasteiger partial charge in [-0.25, -0.2) is 4.98 Å². The Bertz CT molecular complexity index is 539. The summed E-state index contributed by atoms with van der Waals surface area (Å²) in [5.41, 5.74) is 3.09. The van der Waals surface area contributed by atoms with E-state index < -0.39 is 0 Å². The number of hydrogen-bond donors (Lipinski definition) is 1. The smallest absolute Gasteiger partial charge is 0.181 e. The first-order valence-corrected chi connectivity index (χ1v) is 6.46. The molecule has 0 atom stereocenters. The van der Waals surface area contributed by atoms with Gasteiger partial charge >= 0.3 is 0 Å². The number of nitrogens with one attached hydrogen (secondary N) is 1. The number of aryl methyl sites for hydroxylation is 2. The third kappa shape index (κ3) is 2.18. The van der Waals surface area contributed by atoms with Gasteiger partial charge < -0.3 is 9.73 Å². The first-order valence-electron chi connectivity index (χ1n) is 6.46. The molecule has 5 nitrogen and oxygen atoms in total. The monoisotopic (exact) mass is 246 g/mol. The van der Waals surface area contributed by atoms with Gasteiger partial charge in [0.25, 0.3) is 0 Å². The largest absolute Gasteiger partial charge is 0.443 e. The van der Waals surface area contributed by atoms with Crippen LogP contribution in [0.2, 0.25) is 0 Å². The van der Waals surface area contributed by atoms with Crippen molar-refractivity contribution in [1.29, 1.82) is 0 Å². The molecular weight excluding hydrogens is 228 g/mol. The second kappa shape index (κ2) is 4.57. The molecule has 5 heteroatoms. The zero-order valence-corrected chi connectivity index (χ0v) is 10.8. The lowest BCUT2D eigenvalue weighted by Gasteiger charge is -2.02. The van der Waals surface area contributed by atoms with Crippen LogP contribution in [0.4, 0.5) is 0 Å². The molecule has 0 amide bonds. The molecule has 1 N–H and O–H groups in total. The van der Waals surface area contributed by atoms with Gasteiger partial charge in [0.2, 0.25) is 0 Å². The molecule has 0 saturated heterocycles. The van der Waals surface area contributed by atoms with E-state index in [4.69, 9.17) is 4.42 Å². The number of hydrogen-bond acceptors (Lipinski definition) is 4. The summed E-state index contributed by atoms with van der Waals surface area (Å²) in [6.45, 7) is 2.87. The van der Waals surface area contributed by atoms with Crippen molar-refractivity contribution in [3.05, 3.63) is 24.0 Å². The van der Waals surface area contributed by atoms with Crippen LogP contribution >= 0.6 is 0 Å². The number of nitrogens with zero attached hydrogens (tertiary/aromatic N) is 3. The predicted molar refractivity (Wildman–Crippen MR) is 67.9 cm³/mol. The fraction of sp³-hybridized carbons (Fsp3) is 0.538. The van der Waals surface area contributed by atoms with Crippen molar-refractivity contribution in [3.63, 3.8) is 0 Å². The van der Waals surface area contributed by atoms with E-state index in [2.05, 4.69) is 22.3 Å². The van der Waals surface area contributed by atoms with E-state index in [0.29, 0.717) is 6.04 Å². The van der Waals surface area contributed by atoms with Gasteiger partial charge in [-0.2, -0.15) is 5.10 Å². The Morgan fingerprint density at radius 2 is 2.28 bits per heavy atom. The van der Waals surface area contributed by atoms with Crippen LogP contribution in [0, 0.1) is 0 Å². The Morgan fingerprint density at radius 1 is 1.44 bits per heavy atom. The molecule has 2 aromatic heterocycles. The first-order chi connectivity index (χ1) is 8.78. The molecule has 0 spiro atoms. The topological polar surface area (TPSA) is 55.9 Å². The van der Waals surface area contributed by atoms with Crippen LogP contribution in [0.25, 0.3) is 11.3 Å². The number of aromatic nitrogens is 3. The van der Waals surface area contributed by atoms with Crippen molar-refractivity contribution in [2.45, 2.75) is 38.8 Å². The molecule has 0 radical (unpaired) electrons. The summed E-state index contributed by atoms with van der Waals surface area (Å²) >= 11 is 0. The molecule has 2 aromatic rings. The Morgan fingerprint density at radius 3 is 3.00 bits per heavy atom. The van der Waals surface area contributed by atoms with E-state index in [9.17, 15) is 0 Å². The molecule has 0 bridgehead atoms. The van der Waals surface area contributed by atoms with Crippen LogP contribution in [0.3, 0.4) is 0 Å². The van der Waals surface area contributed by atoms with Crippen molar-refractivity contribution in [1.82, 2.24) is 20.1 Å². The molecule has 18 heavy (non-hydrogen) atoms. The van der Waals surface area contributed by atoms with Crippen LogP contribution in [-0.4, -0.2) is 20.8 Å². The van der Waals surface area contributed by atoms with Gasteiger partial charge in [-0.05, 0) is 19.3 Å². The molecule has 0 aliphatic heterocycles. The molecule has 0 unspecified atom stereocenters. The van der Waals surface area contributed by atoms with Crippen LogP contribution in [-0.2, 0) is 20.0 Å². The van der Waals surface area contributed by atoms with Gasteiger partial charge in [0.05, 0.1) is 11.3 Å². The van der Waals surface area contributed by atoms with E-state index in [0.717, 1.165) is 35.7 Å². The molecule has 1 fully saturated rings. The molecule has 2 heterocycles. The summed E-state index contributed by atoms with van der Waals surface area (Å²) in [5, 5.41) is 7.91. The van der Waals surface area contributed by atoms with E-state index in [1.54, 1.807) is 0 Å². The fourth-order valence-corrected chi connectivity index (χ4v) is 2.13. The maximum atomic E-state index is 5.55. The predicted octanol–water partition coefficient (Wildman–Crippen LogP) is 1.89. The summed E-state index contributed by atoms with van der Waals surface area (Å²) in [5.74, 6) is 0.855. The lowest BCUT2D eigenvalue weighted by atomic mass is 10.1. The minimum absolute atomic E-state index is 0.675. The second-order valence-electron chi connectivity index (χ2n) is 4.80. The summed E-state index contributed by atoms with van der Waals surface area (Å²) in [4.78, 5) is 4.31. The van der Waals surface area contributed by atoms with Crippen molar-refractivity contribution in [2.24, 2.45) is 7.05 Å². The number of oxazole rings is 1. The maximum absolute atomic E-state index is 5.55. The third-order valence-corrected chi connectivity index (χ3v) is 3.26. The minimum atomic E-state index is 0.675. The second-order valence-corrected chi connectivity index (χ2v) is 4.80. The van der Waals surface area contributed by atoms with Gasteiger partial charge in [-0.1, -0.05) is 6.92 Å². The zero-order valence-electron chi connectivity index (χ0n) is 10.8. The summed E-state index contributed by atoms with van der Waals surface area (Å²) in [6.07, 6.45) is 6.97. The van der Waals surface area contributed by atoms with Gasteiger partial charge in [0.15, 0.2) is 12.2 Å². The van der Waals surface area contributed by atoms with E-state index >= 15 is 0 Å². The number of rotatable bonds is 5. The summed E-state index contributed by atoms with van der Waals surface area (Å²) in [6, 6.07) is 0.675. The molecule has 1 aliphatic carbocycles. The Hall–Kier alpha value is -1.62. The minimum Gasteiger partial charge on any atom is -0.443 e. The molecule has 0 aromatic carbocycles. The molecule has 3 rings (SSSR count). The van der Waals surface area contributed by atoms with Crippen LogP contribution in [0.5, 0.6) is 0 Å². The molecule has 1 saturated carbocycles. The van der Waals surface area contributed by atoms with Gasteiger partial charge in [-0.3, -0.25) is 4.68 Å². The van der Waals surface area contributed by atoms with Gasteiger partial charge in [-0.15, -0.1) is 0 Å². The highest BCUT2D eigenvalue weighted by molar-refractivity contribution is 5.61. The van der Waals surface area contributed by atoms with E-state index in [1.165, 1.54) is 19.2 Å². The standard InChI is InChI=1S/C13H18N4O/c1-3-11-10(7-17(2)16-11)13-12(15-8-18-13)6-14-9-4-5-9/h7-9,14H,3-6H2,1-2H3. The van der Waals surface area contributed by atoms with Crippen LogP contribution in [0.15, 0.2) is 17.0 Å². The lowest BCUT2D eigenvalue weighted by Crippen LogP contribution is -2.16. The van der Waals surface area contributed by atoms with Crippen molar-refractivity contribution in [3.8, 4) is 11.3 Å². The Kier molecular flexibility index (Phi) is 2.91.